The van der Waals surface area contributed by atoms with Gasteiger partial charge in [-0.1, -0.05) is 19.1 Å². The fraction of sp³-hybridized carbons (Fsp3) is 0.333. The van der Waals surface area contributed by atoms with Gasteiger partial charge < -0.3 is 0 Å². The summed E-state index contributed by atoms with van der Waals surface area (Å²) in [6.45, 7) is 4.27. The van der Waals surface area contributed by atoms with Crippen LogP contribution in [-0.2, 0) is 12.8 Å². The molecule has 1 aliphatic carbocycles. The number of aromatic nitrogens is 3. The first kappa shape index (κ1) is 13.4. The van der Waals surface area contributed by atoms with Crippen LogP contribution in [0, 0.1) is 18.7 Å². The number of rotatable bonds is 1. The van der Waals surface area contributed by atoms with E-state index in [0.717, 1.165) is 35.3 Å². The second kappa shape index (κ2) is 4.90. The lowest BCUT2D eigenvalue weighted by Gasteiger charge is -2.21. The van der Waals surface area contributed by atoms with Gasteiger partial charge in [0.05, 0.1) is 5.69 Å². The Morgan fingerprint density at radius 3 is 2.77 bits per heavy atom. The van der Waals surface area contributed by atoms with Gasteiger partial charge in [0.25, 0.3) is 0 Å². The van der Waals surface area contributed by atoms with Gasteiger partial charge in [-0.25, -0.2) is 13.9 Å². The third kappa shape index (κ3) is 2.02. The van der Waals surface area contributed by atoms with Gasteiger partial charge in [-0.15, -0.1) is 0 Å². The van der Waals surface area contributed by atoms with Crippen LogP contribution in [0.2, 0.25) is 0 Å². The summed E-state index contributed by atoms with van der Waals surface area (Å²) >= 11 is 0. The molecule has 3 aromatic rings. The fourth-order valence-electron chi connectivity index (χ4n) is 3.42. The maximum absolute atomic E-state index is 13.2. The third-order valence-corrected chi connectivity index (χ3v) is 4.58. The lowest BCUT2D eigenvalue weighted by atomic mass is 9.89. The Labute approximate surface area is 128 Å². The molecule has 4 heteroatoms. The van der Waals surface area contributed by atoms with E-state index in [4.69, 9.17) is 5.10 Å². The summed E-state index contributed by atoms with van der Waals surface area (Å²) in [5.74, 6) is 0.484. The molecule has 0 spiro atoms. The van der Waals surface area contributed by atoms with E-state index in [-0.39, 0.29) is 5.82 Å². The van der Waals surface area contributed by atoms with Crippen molar-refractivity contribution in [1.82, 2.24) is 14.6 Å². The first-order valence-electron chi connectivity index (χ1n) is 7.75. The second-order valence-corrected chi connectivity index (χ2v) is 6.28. The van der Waals surface area contributed by atoms with Crippen molar-refractivity contribution in [3.05, 3.63) is 53.2 Å². The Hall–Kier alpha value is -2.23. The van der Waals surface area contributed by atoms with E-state index in [1.165, 1.54) is 29.8 Å². The molecule has 4 rings (SSSR count). The Bertz CT molecular complexity index is 849. The molecule has 112 valence electrons. The van der Waals surface area contributed by atoms with E-state index in [1.54, 1.807) is 12.1 Å². The molecule has 1 unspecified atom stereocenters. The van der Waals surface area contributed by atoms with Crippen LogP contribution in [-0.4, -0.2) is 14.6 Å². The summed E-state index contributed by atoms with van der Waals surface area (Å²) < 4.78 is 15.2. The molecule has 1 aromatic carbocycles. The van der Waals surface area contributed by atoms with Crippen molar-refractivity contribution in [2.24, 2.45) is 5.92 Å². The zero-order valence-electron chi connectivity index (χ0n) is 12.8. The average Bonchev–Trinajstić information content (AvgIpc) is 2.84. The second-order valence-electron chi connectivity index (χ2n) is 6.28. The van der Waals surface area contributed by atoms with Gasteiger partial charge in [0.2, 0.25) is 0 Å². The highest BCUT2D eigenvalue weighted by atomic mass is 19.1. The van der Waals surface area contributed by atoms with Crippen LogP contribution in [0.3, 0.4) is 0 Å². The summed E-state index contributed by atoms with van der Waals surface area (Å²) in [6.07, 6.45) is 5.30. The quantitative estimate of drug-likeness (QED) is 0.680. The highest BCUT2D eigenvalue weighted by Crippen LogP contribution is 2.31. The van der Waals surface area contributed by atoms with Crippen LogP contribution >= 0.6 is 0 Å². The van der Waals surface area contributed by atoms with Crippen LogP contribution in [0.25, 0.3) is 16.8 Å². The topological polar surface area (TPSA) is 30.2 Å². The van der Waals surface area contributed by atoms with Crippen molar-refractivity contribution in [2.75, 3.05) is 0 Å². The summed E-state index contributed by atoms with van der Waals surface area (Å²) in [7, 11) is 0. The fourth-order valence-corrected chi connectivity index (χ4v) is 3.42. The minimum absolute atomic E-state index is 0.225. The van der Waals surface area contributed by atoms with E-state index in [1.807, 2.05) is 17.6 Å². The van der Waals surface area contributed by atoms with Crippen LogP contribution in [0.1, 0.15) is 30.3 Å². The molecule has 0 fully saturated rings. The molecule has 0 saturated carbocycles. The van der Waals surface area contributed by atoms with E-state index in [0.29, 0.717) is 5.92 Å². The van der Waals surface area contributed by atoms with E-state index < -0.39 is 0 Å². The first-order chi connectivity index (χ1) is 10.6. The van der Waals surface area contributed by atoms with Gasteiger partial charge in [0.1, 0.15) is 5.82 Å². The SMILES string of the molecule is Cc1nn2c3c(cnc2c1-c1ccc(F)cc1)CC(C)CC3. The van der Waals surface area contributed by atoms with E-state index >= 15 is 0 Å². The molecule has 0 bridgehead atoms. The van der Waals surface area contributed by atoms with Crippen molar-refractivity contribution < 1.29 is 4.39 Å². The molecule has 22 heavy (non-hydrogen) atoms. The zero-order valence-corrected chi connectivity index (χ0v) is 12.8. The maximum atomic E-state index is 13.2. The standard InChI is InChI=1S/C18H18FN3/c1-11-3-8-16-14(9-11)10-20-18-17(12(2)21-22(16)18)13-4-6-15(19)7-5-13/h4-7,10-11H,3,8-9H2,1-2H3. The van der Waals surface area contributed by atoms with Gasteiger partial charge in [0, 0.05) is 17.5 Å². The number of aryl methyl sites for hydroxylation is 2. The van der Waals surface area contributed by atoms with E-state index in [2.05, 4.69) is 11.9 Å². The average molecular weight is 295 g/mol. The number of fused-ring (bicyclic) bond motifs is 3. The number of nitrogens with zero attached hydrogens (tertiary/aromatic N) is 3. The molecule has 2 heterocycles. The number of hydrogen-bond acceptors (Lipinski definition) is 2. The molecule has 0 radical (unpaired) electrons. The Balaban J connectivity index is 1.94. The molecule has 0 amide bonds. The maximum Gasteiger partial charge on any atom is 0.163 e. The smallest absolute Gasteiger partial charge is 0.163 e. The highest BCUT2D eigenvalue weighted by Gasteiger charge is 2.21. The summed E-state index contributed by atoms with van der Waals surface area (Å²) in [4.78, 5) is 4.66. The Kier molecular flexibility index (Phi) is 2.99. The number of hydrogen-bond donors (Lipinski definition) is 0. The van der Waals surface area contributed by atoms with Crippen LogP contribution in [0.4, 0.5) is 4.39 Å². The number of benzene rings is 1. The molecule has 1 atom stereocenters. The van der Waals surface area contributed by atoms with Gasteiger partial charge in [-0.05, 0) is 55.4 Å². The summed E-state index contributed by atoms with van der Waals surface area (Å²) in [5.41, 5.74) is 6.36. The van der Waals surface area contributed by atoms with Crippen molar-refractivity contribution >= 4 is 5.65 Å². The largest absolute Gasteiger partial charge is 0.236 e. The molecule has 1 aliphatic rings. The Morgan fingerprint density at radius 2 is 2.00 bits per heavy atom. The predicted molar refractivity (Wildman–Crippen MR) is 84.3 cm³/mol. The van der Waals surface area contributed by atoms with Crippen molar-refractivity contribution in [1.29, 1.82) is 0 Å². The minimum atomic E-state index is -0.225. The molecular weight excluding hydrogens is 277 g/mol. The van der Waals surface area contributed by atoms with Crippen molar-refractivity contribution in [3.63, 3.8) is 0 Å². The summed E-state index contributed by atoms with van der Waals surface area (Å²) in [5, 5.41) is 4.71. The van der Waals surface area contributed by atoms with Crippen molar-refractivity contribution in [2.45, 2.75) is 33.1 Å². The lowest BCUT2D eigenvalue weighted by molar-refractivity contribution is 0.485. The molecule has 0 saturated heterocycles. The molecule has 2 aromatic heterocycles. The lowest BCUT2D eigenvalue weighted by Crippen LogP contribution is -2.16. The predicted octanol–water partition coefficient (Wildman–Crippen LogP) is 3.97. The van der Waals surface area contributed by atoms with Crippen LogP contribution < -0.4 is 0 Å². The zero-order chi connectivity index (χ0) is 15.3. The van der Waals surface area contributed by atoms with Gasteiger partial charge in [-0.3, -0.25) is 0 Å². The summed E-state index contributed by atoms with van der Waals surface area (Å²) in [6, 6.07) is 6.56. The molecule has 0 N–H and O–H groups in total. The highest BCUT2D eigenvalue weighted by molar-refractivity contribution is 5.80. The van der Waals surface area contributed by atoms with E-state index in [9.17, 15) is 4.39 Å². The van der Waals surface area contributed by atoms with Gasteiger partial charge in [-0.2, -0.15) is 5.10 Å². The van der Waals surface area contributed by atoms with Crippen LogP contribution in [0.15, 0.2) is 30.5 Å². The van der Waals surface area contributed by atoms with Crippen LogP contribution in [0.5, 0.6) is 0 Å². The molecular formula is C18H18FN3. The monoisotopic (exact) mass is 295 g/mol. The van der Waals surface area contributed by atoms with Gasteiger partial charge in [0.15, 0.2) is 5.65 Å². The van der Waals surface area contributed by atoms with Crippen molar-refractivity contribution in [3.8, 4) is 11.1 Å². The molecule has 3 nitrogen and oxygen atoms in total. The third-order valence-electron chi connectivity index (χ3n) is 4.58. The minimum Gasteiger partial charge on any atom is -0.236 e. The molecule has 0 aliphatic heterocycles. The Morgan fingerprint density at radius 1 is 1.23 bits per heavy atom. The first-order valence-corrected chi connectivity index (χ1v) is 7.75. The van der Waals surface area contributed by atoms with Gasteiger partial charge >= 0.3 is 0 Å². The number of halogens is 1. The normalized spacial score (nSPS) is 17.7.